The maximum absolute atomic E-state index is 11.9. The number of rotatable bonds is 1. The molecule has 2 rings (SSSR count). The first-order valence-corrected chi connectivity index (χ1v) is 5.02. The molecule has 0 spiro atoms. The van der Waals surface area contributed by atoms with Crippen molar-refractivity contribution in [1.82, 2.24) is 40.4 Å². The summed E-state index contributed by atoms with van der Waals surface area (Å²) in [5.41, 5.74) is -0.0205. The number of aromatic nitrogens is 8. The summed E-state index contributed by atoms with van der Waals surface area (Å²) in [7, 11) is 0. The Morgan fingerprint density at radius 2 is 2.06 bits per heavy atom. The first kappa shape index (κ1) is 11.3. The molecule has 17 heavy (non-hydrogen) atoms. The Hall–Kier alpha value is -2.19. The van der Waals surface area contributed by atoms with Crippen molar-refractivity contribution in [2.75, 3.05) is 0 Å². The van der Waals surface area contributed by atoms with Gasteiger partial charge in [0.05, 0.1) is 0 Å². The van der Waals surface area contributed by atoms with E-state index in [1.807, 2.05) is 20.8 Å². The zero-order valence-electron chi connectivity index (χ0n) is 9.77. The highest BCUT2D eigenvalue weighted by atomic mass is 16.2. The molecule has 2 heterocycles. The second-order valence-corrected chi connectivity index (χ2v) is 4.78. The van der Waals surface area contributed by atoms with Gasteiger partial charge in [0.25, 0.3) is 0 Å². The van der Waals surface area contributed by atoms with Crippen LogP contribution in [0.25, 0.3) is 0 Å². The van der Waals surface area contributed by atoms with Crippen molar-refractivity contribution in [2.24, 2.45) is 5.41 Å². The van der Waals surface area contributed by atoms with E-state index in [1.54, 1.807) is 0 Å². The summed E-state index contributed by atoms with van der Waals surface area (Å²) < 4.78 is 2.07. The zero-order chi connectivity index (χ0) is 12.5. The lowest BCUT2D eigenvalue weighted by molar-refractivity contribution is 0.235. The molecular formula is C8H12N8O. The molecule has 2 aromatic rings. The van der Waals surface area contributed by atoms with Crippen LogP contribution in [0.5, 0.6) is 0 Å². The van der Waals surface area contributed by atoms with E-state index in [-0.39, 0.29) is 5.41 Å². The maximum Gasteiger partial charge on any atom is 0.375 e. The van der Waals surface area contributed by atoms with E-state index in [0.29, 0.717) is 12.2 Å². The Morgan fingerprint density at radius 1 is 1.29 bits per heavy atom. The highest BCUT2D eigenvalue weighted by molar-refractivity contribution is 5.77. The van der Waals surface area contributed by atoms with Crippen LogP contribution in [0.2, 0.25) is 0 Å². The Balaban J connectivity index is 2.28. The second kappa shape index (κ2) is 4.00. The molecule has 0 saturated carbocycles. The molecule has 0 aliphatic carbocycles. The van der Waals surface area contributed by atoms with E-state index in [2.05, 4.69) is 31.1 Å². The summed E-state index contributed by atoms with van der Waals surface area (Å²) in [6, 6.07) is -0.501. The summed E-state index contributed by atoms with van der Waals surface area (Å²) in [6.45, 7) is 6.11. The Kier molecular flexibility index (Phi) is 2.66. The largest absolute Gasteiger partial charge is 0.375 e. The van der Waals surface area contributed by atoms with Gasteiger partial charge < -0.3 is 0 Å². The Labute approximate surface area is 96.8 Å². The molecule has 0 saturated heterocycles. The highest BCUT2D eigenvalue weighted by Crippen LogP contribution is 2.18. The third kappa shape index (κ3) is 2.49. The molecule has 0 radical (unpaired) electrons. The van der Waals surface area contributed by atoms with Crippen LogP contribution in [0.1, 0.15) is 26.6 Å². The third-order valence-corrected chi connectivity index (χ3v) is 1.95. The van der Waals surface area contributed by atoms with Gasteiger partial charge >= 0.3 is 6.03 Å². The van der Waals surface area contributed by atoms with Gasteiger partial charge in [-0.3, -0.25) is 0 Å². The smallest absolute Gasteiger partial charge is 0.243 e. The van der Waals surface area contributed by atoms with E-state index in [1.165, 1.54) is 6.33 Å². The predicted molar refractivity (Wildman–Crippen MR) is 55.0 cm³/mol. The molecular weight excluding hydrogens is 224 g/mol. The van der Waals surface area contributed by atoms with Crippen LogP contribution < -0.4 is 0 Å². The van der Waals surface area contributed by atoms with E-state index in [4.69, 9.17) is 0 Å². The number of carbonyl (C=O) groups excluding carboxylic acids is 1. The van der Waals surface area contributed by atoms with Crippen LogP contribution in [-0.2, 0) is 6.42 Å². The molecule has 0 atom stereocenters. The fraction of sp³-hybridized carbons (Fsp3) is 0.625. The zero-order valence-corrected chi connectivity index (χ0v) is 9.77. The van der Waals surface area contributed by atoms with Crippen LogP contribution >= 0.6 is 0 Å². The third-order valence-electron chi connectivity index (χ3n) is 1.95. The number of hydrogen-bond acceptors (Lipinski definition) is 7. The standard InChI is InChI=1S/C8H12N8O/c1-8(2,3)4-6-10-12-14-16(6)7(17)15-5-9-11-13-15/h5H,4H2,1-3H3. The highest BCUT2D eigenvalue weighted by Gasteiger charge is 2.21. The van der Waals surface area contributed by atoms with E-state index < -0.39 is 6.03 Å². The number of nitrogens with zero attached hydrogens (tertiary/aromatic N) is 8. The molecule has 0 aromatic carbocycles. The number of tetrazole rings is 2. The monoisotopic (exact) mass is 236 g/mol. The van der Waals surface area contributed by atoms with Crippen molar-refractivity contribution < 1.29 is 4.79 Å². The van der Waals surface area contributed by atoms with Crippen molar-refractivity contribution in [1.29, 1.82) is 0 Å². The average Bonchev–Trinajstić information content (AvgIpc) is 2.83. The van der Waals surface area contributed by atoms with E-state index in [0.717, 1.165) is 9.36 Å². The predicted octanol–water partition coefficient (Wildman–Crippen LogP) is -0.235. The molecule has 0 aliphatic heterocycles. The van der Waals surface area contributed by atoms with Crippen LogP contribution in [0.4, 0.5) is 4.79 Å². The fourth-order valence-electron chi connectivity index (χ4n) is 1.28. The van der Waals surface area contributed by atoms with Crippen molar-refractivity contribution in [3.05, 3.63) is 12.2 Å². The topological polar surface area (TPSA) is 104 Å². The molecule has 90 valence electrons. The fourth-order valence-corrected chi connectivity index (χ4v) is 1.28. The quantitative estimate of drug-likeness (QED) is 0.629. The Bertz CT molecular complexity index is 508. The van der Waals surface area contributed by atoms with Crippen LogP contribution in [-0.4, -0.2) is 46.4 Å². The lowest BCUT2D eigenvalue weighted by Crippen LogP contribution is -2.25. The van der Waals surface area contributed by atoms with Crippen LogP contribution in [0.15, 0.2) is 6.33 Å². The van der Waals surface area contributed by atoms with Gasteiger partial charge in [0.1, 0.15) is 6.33 Å². The minimum Gasteiger partial charge on any atom is -0.243 e. The van der Waals surface area contributed by atoms with Crippen molar-refractivity contribution >= 4 is 6.03 Å². The van der Waals surface area contributed by atoms with Gasteiger partial charge in [-0.1, -0.05) is 20.8 Å². The van der Waals surface area contributed by atoms with Crippen LogP contribution in [0, 0.1) is 5.41 Å². The van der Waals surface area contributed by atoms with E-state index >= 15 is 0 Å². The van der Waals surface area contributed by atoms with Gasteiger partial charge in [0, 0.05) is 6.42 Å². The Morgan fingerprint density at radius 3 is 2.65 bits per heavy atom. The molecule has 0 N–H and O–H groups in total. The van der Waals surface area contributed by atoms with Crippen molar-refractivity contribution in [2.45, 2.75) is 27.2 Å². The molecule has 0 fully saturated rings. The van der Waals surface area contributed by atoms with Gasteiger partial charge in [-0.2, -0.15) is 0 Å². The lowest BCUT2D eigenvalue weighted by atomic mass is 9.92. The van der Waals surface area contributed by atoms with Crippen LogP contribution in [0.3, 0.4) is 0 Å². The maximum atomic E-state index is 11.9. The van der Waals surface area contributed by atoms with Gasteiger partial charge in [0.2, 0.25) is 0 Å². The van der Waals surface area contributed by atoms with Gasteiger partial charge in [-0.05, 0) is 26.3 Å². The number of hydrogen-bond donors (Lipinski definition) is 0. The molecule has 0 bridgehead atoms. The molecule has 9 heteroatoms. The first-order valence-electron chi connectivity index (χ1n) is 5.02. The normalized spacial score (nSPS) is 11.7. The van der Waals surface area contributed by atoms with Crippen molar-refractivity contribution in [3.63, 3.8) is 0 Å². The molecule has 9 nitrogen and oxygen atoms in total. The molecule has 0 unspecified atom stereocenters. The van der Waals surface area contributed by atoms with Gasteiger partial charge in [-0.25, -0.2) is 4.79 Å². The van der Waals surface area contributed by atoms with E-state index in [9.17, 15) is 4.79 Å². The minimum atomic E-state index is -0.501. The molecule has 0 amide bonds. The summed E-state index contributed by atoms with van der Waals surface area (Å²) in [5.74, 6) is 0.484. The second-order valence-electron chi connectivity index (χ2n) is 4.78. The average molecular weight is 236 g/mol. The SMILES string of the molecule is CC(C)(C)Cc1nnnn1C(=O)n1cnnn1. The number of carbonyl (C=O) groups is 1. The summed E-state index contributed by atoms with van der Waals surface area (Å²) in [5, 5.41) is 21.2. The molecule has 2 aromatic heterocycles. The summed E-state index contributed by atoms with van der Waals surface area (Å²) >= 11 is 0. The van der Waals surface area contributed by atoms with Gasteiger partial charge in [0.15, 0.2) is 5.82 Å². The van der Waals surface area contributed by atoms with Crippen molar-refractivity contribution in [3.8, 4) is 0 Å². The minimum absolute atomic E-state index is 0.0205. The van der Waals surface area contributed by atoms with Gasteiger partial charge in [-0.15, -0.1) is 19.6 Å². The summed E-state index contributed by atoms with van der Waals surface area (Å²) in [4.78, 5) is 11.9. The first-order chi connectivity index (χ1) is 7.97. The molecule has 0 aliphatic rings. The lowest BCUT2D eigenvalue weighted by Gasteiger charge is -2.16. The summed E-state index contributed by atoms with van der Waals surface area (Å²) in [6.07, 6.45) is 1.78.